The molecule has 0 bridgehead atoms. The predicted molar refractivity (Wildman–Crippen MR) is 109 cm³/mol. The van der Waals surface area contributed by atoms with Gasteiger partial charge in [0.1, 0.15) is 0 Å². The lowest BCUT2D eigenvalue weighted by Crippen LogP contribution is -2.11. The maximum absolute atomic E-state index is 13.4. The van der Waals surface area contributed by atoms with Gasteiger partial charge >= 0.3 is 6.18 Å². The minimum Gasteiger partial charge on any atom is -0.256 e. The minimum absolute atomic E-state index is 0.0189. The smallest absolute Gasteiger partial charge is 0.256 e. The minimum atomic E-state index is -4.51. The van der Waals surface area contributed by atoms with E-state index in [1.165, 1.54) is 24.4 Å². The number of hydrogen-bond donors (Lipinski definition) is 1. The number of alkyl halides is 3. The van der Waals surface area contributed by atoms with E-state index in [9.17, 15) is 21.6 Å². The molecule has 0 saturated heterocycles. The third-order valence-corrected chi connectivity index (χ3v) is 5.66. The molecule has 0 spiro atoms. The fourth-order valence-electron chi connectivity index (χ4n) is 3.38. The molecule has 2 N–H and O–H groups in total. The lowest BCUT2D eigenvalue weighted by Gasteiger charge is -2.13. The Morgan fingerprint density at radius 1 is 0.800 bits per heavy atom. The van der Waals surface area contributed by atoms with Crippen LogP contribution in [0.5, 0.6) is 0 Å². The second-order valence-corrected chi connectivity index (χ2v) is 8.27. The molecule has 0 saturated carbocycles. The van der Waals surface area contributed by atoms with Gasteiger partial charge < -0.3 is 0 Å². The summed E-state index contributed by atoms with van der Waals surface area (Å²) in [6.45, 7) is 0. The van der Waals surface area contributed by atoms with Crippen LogP contribution in [0, 0.1) is 0 Å². The summed E-state index contributed by atoms with van der Waals surface area (Å²) in [6, 6.07) is 18.9. The molecule has 152 valence electrons. The normalized spacial score (nSPS) is 12.3. The summed E-state index contributed by atoms with van der Waals surface area (Å²) in [6.07, 6.45) is -3.16. The molecular weight excluding hydrogens is 413 g/mol. The van der Waals surface area contributed by atoms with Gasteiger partial charge in [-0.25, -0.2) is 13.6 Å². The van der Waals surface area contributed by atoms with Crippen LogP contribution in [0.1, 0.15) is 5.56 Å². The third kappa shape index (κ3) is 3.79. The molecular formula is C22H15F3N2O2S. The molecule has 8 heteroatoms. The highest BCUT2D eigenvalue weighted by atomic mass is 32.2. The van der Waals surface area contributed by atoms with E-state index in [-0.39, 0.29) is 10.4 Å². The largest absolute Gasteiger partial charge is 0.418 e. The van der Waals surface area contributed by atoms with Crippen molar-refractivity contribution in [3.05, 3.63) is 84.6 Å². The first kappa shape index (κ1) is 20.1. The van der Waals surface area contributed by atoms with Gasteiger partial charge in [0.2, 0.25) is 10.0 Å². The molecule has 0 amide bonds. The summed E-state index contributed by atoms with van der Waals surface area (Å²) in [5, 5.41) is 5.59. The van der Waals surface area contributed by atoms with Gasteiger partial charge in [-0.1, -0.05) is 42.5 Å². The predicted octanol–water partition coefficient (Wildman–Crippen LogP) is 5.24. The summed E-state index contributed by atoms with van der Waals surface area (Å²) in [5.41, 5.74) is 1.69. The molecule has 0 atom stereocenters. The van der Waals surface area contributed by atoms with Crippen LogP contribution in [-0.4, -0.2) is 13.4 Å². The molecule has 0 radical (unpaired) electrons. The van der Waals surface area contributed by atoms with Crippen LogP contribution in [0.3, 0.4) is 0 Å². The molecule has 4 rings (SSSR count). The molecule has 0 aliphatic rings. The van der Waals surface area contributed by atoms with E-state index < -0.39 is 21.8 Å². The Morgan fingerprint density at radius 2 is 1.43 bits per heavy atom. The monoisotopic (exact) mass is 428 g/mol. The van der Waals surface area contributed by atoms with Crippen molar-refractivity contribution < 1.29 is 21.6 Å². The zero-order chi connectivity index (χ0) is 21.5. The molecule has 1 heterocycles. The number of nitrogens with two attached hydrogens (primary N) is 1. The maximum Gasteiger partial charge on any atom is 0.418 e. The van der Waals surface area contributed by atoms with Gasteiger partial charge in [-0.15, -0.1) is 0 Å². The van der Waals surface area contributed by atoms with E-state index >= 15 is 0 Å². The fraction of sp³-hybridized carbons (Fsp3) is 0.0455. The quantitative estimate of drug-likeness (QED) is 0.485. The summed E-state index contributed by atoms with van der Waals surface area (Å²) >= 11 is 0. The van der Waals surface area contributed by atoms with Gasteiger partial charge in [0, 0.05) is 11.6 Å². The highest BCUT2D eigenvalue weighted by Gasteiger charge is 2.33. The van der Waals surface area contributed by atoms with Crippen molar-refractivity contribution in [3.8, 4) is 22.3 Å². The van der Waals surface area contributed by atoms with Crippen molar-refractivity contribution in [2.24, 2.45) is 5.14 Å². The number of aromatic nitrogens is 1. The Hall–Kier alpha value is -3.23. The van der Waals surface area contributed by atoms with Crippen LogP contribution in [0.2, 0.25) is 0 Å². The first-order chi connectivity index (χ1) is 14.1. The second kappa shape index (κ2) is 7.23. The van der Waals surface area contributed by atoms with Gasteiger partial charge in [0.25, 0.3) is 0 Å². The summed E-state index contributed by atoms with van der Waals surface area (Å²) in [4.78, 5) is 3.93. The maximum atomic E-state index is 13.4. The standard InChI is InChI=1S/C22H15F3N2O2S/c23-22(24,25)20-9-3-8-19-18(10-11-27-21(19)20)16-6-1-4-14(12-16)15-5-2-7-17(13-15)30(26,28)29/h1-13H,(H2,26,28,29). The first-order valence-corrected chi connectivity index (χ1v) is 10.4. The fourth-order valence-corrected chi connectivity index (χ4v) is 3.93. The van der Waals surface area contributed by atoms with Crippen LogP contribution in [0.15, 0.2) is 83.9 Å². The van der Waals surface area contributed by atoms with E-state index in [1.54, 1.807) is 48.5 Å². The Morgan fingerprint density at radius 3 is 2.13 bits per heavy atom. The van der Waals surface area contributed by atoms with E-state index in [0.717, 1.165) is 6.07 Å². The topological polar surface area (TPSA) is 73.1 Å². The molecule has 0 aliphatic carbocycles. The molecule has 0 fully saturated rings. The number of benzene rings is 3. The SMILES string of the molecule is NS(=O)(=O)c1cccc(-c2cccc(-c3ccnc4c(C(F)(F)F)cccc34)c2)c1. The lowest BCUT2D eigenvalue weighted by atomic mass is 9.96. The lowest BCUT2D eigenvalue weighted by molar-refractivity contribution is -0.136. The Labute approximate surface area is 170 Å². The summed E-state index contributed by atoms with van der Waals surface area (Å²) in [7, 11) is -3.86. The van der Waals surface area contributed by atoms with Crippen molar-refractivity contribution in [2.45, 2.75) is 11.1 Å². The Kier molecular flexibility index (Phi) is 4.83. The number of halogens is 3. The van der Waals surface area contributed by atoms with Gasteiger partial charge in [-0.2, -0.15) is 13.2 Å². The molecule has 1 aromatic heterocycles. The number of hydrogen-bond acceptors (Lipinski definition) is 3. The number of pyridine rings is 1. The number of fused-ring (bicyclic) bond motifs is 1. The number of nitrogens with zero attached hydrogens (tertiary/aromatic N) is 1. The van der Waals surface area contributed by atoms with Gasteiger partial charge in [0.05, 0.1) is 16.0 Å². The average molecular weight is 428 g/mol. The van der Waals surface area contributed by atoms with Gasteiger partial charge in [-0.05, 0) is 52.6 Å². The average Bonchev–Trinajstić information content (AvgIpc) is 2.72. The van der Waals surface area contributed by atoms with Crippen LogP contribution in [0.4, 0.5) is 13.2 Å². The Balaban J connectivity index is 1.88. The van der Waals surface area contributed by atoms with E-state index in [2.05, 4.69) is 4.98 Å². The highest BCUT2D eigenvalue weighted by Crippen LogP contribution is 2.37. The number of rotatable bonds is 3. The van der Waals surface area contributed by atoms with Crippen molar-refractivity contribution in [3.63, 3.8) is 0 Å². The molecule has 3 aromatic carbocycles. The molecule has 0 aliphatic heterocycles. The van der Waals surface area contributed by atoms with Crippen molar-refractivity contribution in [1.29, 1.82) is 0 Å². The number of primary sulfonamides is 1. The molecule has 30 heavy (non-hydrogen) atoms. The van der Waals surface area contributed by atoms with E-state index in [1.807, 2.05) is 0 Å². The van der Waals surface area contributed by atoms with E-state index in [0.29, 0.717) is 27.6 Å². The molecule has 4 aromatic rings. The second-order valence-electron chi connectivity index (χ2n) is 6.71. The third-order valence-electron chi connectivity index (χ3n) is 4.75. The van der Waals surface area contributed by atoms with Gasteiger partial charge in [0.15, 0.2) is 0 Å². The van der Waals surface area contributed by atoms with Crippen LogP contribution >= 0.6 is 0 Å². The van der Waals surface area contributed by atoms with Crippen LogP contribution in [0.25, 0.3) is 33.2 Å². The summed E-state index contributed by atoms with van der Waals surface area (Å²) < 4.78 is 63.4. The Bertz CT molecular complexity index is 1370. The number of sulfonamides is 1. The van der Waals surface area contributed by atoms with Crippen molar-refractivity contribution in [1.82, 2.24) is 4.98 Å². The molecule has 0 unspecified atom stereocenters. The van der Waals surface area contributed by atoms with E-state index in [4.69, 9.17) is 5.14 Å². The zero-order valence-corrected chi connectivity index (χ0v) is 16.2. The van der Waals surface area contributed by atoms with Gasteiger partial charge in [-0.3, -0.25) is 4.98 Å². The van der Waals surface area contributed by atoms with Crippen molar-refractivity contribution in [2.75, 3.05) is 0 Å². The van der Waals surface area contributed by atoms with Crippen molar-refractivity contribution >= 4 is 20.9 Å². The van der Waals surface area contributed by atoms with Crippen LogP contribution < -0.4 is 5.14 Å². The highest BCUT2D eigenvalue weighted by molar-refractivity contribution is 7.89. The molecule has 4 nitrogen and oxygen atoms in total. The first-order valence-electron chi connectivity index (χ1n) is 8.83. The summed E-state index contributed by atoms with van der Waals surface area (Å²) in [5.74, 6) is 0. The van der Waals surface area contributed by atoms with Crippen LogP contribution in [-0.2, 0) is 16.2 Å². The zero-order valence-electron chi connectivity index (χ0n) is 15.4. The number of para-hydroxylation sites is 1.